The fourth-order valence-corrected chi connectivity index (χ4v) is 4.88. The van der Waals surface area contributed by atoms with Gasteiger partial charge < -0.3 is 20.0 Å². The number of unbranched alkanes of at least 4 members (excludes halogenated alkanes) is 4. The van der Waals surface area contributed by atoms with Crippen LogP contribution in [0.5, 0.6) is 5.75 Å². The summed E-state index contributed by atoms with van der Waals surface area (Å²) in [6.07, 6.45) is 13.6. The van der Waals surface area contributed by atoms with Crippen LogP contribution in [0.3, 0.4) is 0 Å². The van der Waals surface area contributed by atoms with Gasteiger partial charge in [-0.25, -0.2) is 0 Å². The Bertz CT molecular complexity index is 1130. The SMILES string of the molecule is CCCCN(CCCC)C1=CC(=O)/C(=C2\C(=O)C(c3ccc(N(CCCC)CCCC)cc3O)=C2O)C=C1. The molecule has 0 aromatic heterocycles. The first-order valence-corrected chi connectivity index (χ1v) is 14.4. The minimum absolute atomic E-state index is 0.0289. The van der Waals surface area contributed by atoms with Gasteiger partial charge in [-0.15, -0.1) is 0 Å². The highest BCUT2D eigenvalue weighted by Crippen LogP contribution is 2.43. The van der Waals surface area contributed by atoms with Gasteiger partial charge in [0.1, 0.15) is 11.5 Å². The molecule has 2 N–H and O–H groups in total. The van der Waals surface area contributed by atoms with Gasteiger partial charge in [0.25, 0.3) is 0 Å². The fraction of sp³-hybridized carbons (Fsp3) is 0.500. The summed E-state index contributed by atoms with van der Waals surface area (Å²) >= 11 is 0. The highest BCUT2D eigenvalue weighted by molar-refractivity contribution is 6.41. The lowest BCUT2D eigenvalue weighted by Crippen LogP contribution is -2.28. The summed E-state index contributed by atoms with van der Waals surface area (Å²) in [4.78, 5) is 30.7. The van der Waals surface area contributed by atoms with E-state index in [4.69, 9.17) is 0 Å². The maximum absolute atomic E-state index is 13.2. The summed E-state index contributed by atoms with van der Waals surface area (Å²) in [5.74, 6) is -0.977. The third-order valence-electron chi connectivity index (χ3n) is 7.27. The molecule has 0 fully saturated rings. The van der Waals surface area contributed by atoms with Crippen molar-refractivity contribution >= 4 is 22.8 Å². The third kappa shape index (κ3) is 6.58. The molecule has 0 bridgehead atoms. The van der Waals surface area contributed by atoms with E-state index in [1.54, 1.807) is 24.3 Å². The molecule has 206 valence electrons. The number of aromatic hydroxyl groups is 1. The zero-order chi connectivity index (χ0) is 27.7. The van der Waals surface area contributed by atoms with Crippen LogP contribution in [0.1, 0.15) is 84.6 Å². The Hall–Kier alpha value is -3.28. The van der Waals surface area contributed by atoms with Gasteiger partial charge in [0.15, 0.2) is 5.78 Å². The zero-order valence-corrected chi connectivity index (χ0v) is 23.6. The lowest BCUT2D eigenvalue weighted by Gasteiger charge is -2.29. The number of benzene rings is 1. The molecule has 0 saturated heterocycles. The van der Waals surface area contributed by atoms with E-state index in [0.29, 0.717) is 5.56 Å². The van der Waals surface area contributed by atoms with Gasteiger partial charge in [-0.3, -0.25) is 9.59 Å². The quantitative estimate of drug-likeness (QED) is 0.246. The molecule has 0 heterocycles. The second-order valence-corrected chi connectivity index (χ2v) is 10.2. The van der Waals surface area contributed by atoms with E-state index in [9.17, 15) is 19.8 Å². The first kappa shape index (κ1) is 29.3. The van der Waals surface area contributed by atoms with E-state index in [2.05, 4.69) is 37.5 Å². The second kappa shape index (κ2) is 14.0. The Labute approximate surface area is 228 Å². The maximum atomic E-state index is 13.2. The van der Waals surface area contributed by atoms with Crippen LogP contribution in [0.2, 0.25) is 0 Å². The average Bonchev–Trinajstić information content (AvgIpc) is 2.91. The smallest absolute Gasteiger partial charge is 0.202 e. The summed E-state index contributed by atoms with van der Waals surface area (Å²) in [5, 5.41) is 21.7. The van der Waals surface area contributed by atoms with E-state index in [-0.39, 0.29) is 34.0 Å². The summed E-state index contributed by atoms with van der Waals surface area (Å²) < 4.78 is 0. The highest BCUT2D eigenvalue weighted by Gasteiger charge is 2.39. The van der Waals surface area contributed by atoms with Crippen LogP contribution in [-0.4, -0.2) is 52.9 Å². The zero-order valence-electron chi connectivity index (χ0n) is 23.6. The van der Waals surface area contributed by atoms with Crippen LogP contribution in [0.15, 0.2) is 59.0 Å². The Balaban J connectivity index is 1.85. The van der Waals surface area contributed by atoms with Gasteiger partial charge >= 0.3 is 0 Å². The van der Waals surface area contributed by atoms with Crippen molar-refractivity contribution in [3.8, 4) is 5.75 Å². The highest BCUT2D eigenvalue weighted by atomic mass is 16.3. The number of hydrogen-bond donors (Lipinski definition) is 2. The van der Waals surface area contributed by atoms with E-state index >= 15 is 0 Å². The van der Waals surface area contributed by atoms with Crippen LogP contribution in [0, 0.1) is 0 Å². The topological polar surface area (TPSA) is 81.1 Å². The summed E-state index contributed by atoms with van der Waals surface area (Å²) in [5.41, 5.74) is 2.33. The Morgan fingerprint density at radius 3 is 1.74 bits per heavy atom. The Morgan fingerprint density at radius 1 is 0.711 bits per heavy atom. The summed E-state index contributed by atoms with van der Waals surface area (Å²) in [6, 6.07) is 5.25. The second-order valence-electron chi connectivity index (χ2n) is 10.2. The summed E-state index contributed by atoms with van der Waals surface area (Å²) in [7, 11) is 0. The third-order valence-corrected chi connectivity index (χ3v) is 7.27. The molecule has 1 aromatic rings. The number of phenols is 1. The molecular formula is C32H44N2O4. The molecule has 0 unspecified atom stereocenters. The largest absolute Gasteiger partial charge is 0.507 e. The molecule has 2 aliphatic carbocycles. The van der Waals surface area contributed by atoms with Crippen molar-refractivity contribution in [2.75, 3.05) is 31.1 Å². The number of phenolic OH excluding ortho intramolecular Hbond substituents is 1. The molecular weight excluding hydrogens is 476 g/mol. The molecule has 38 heavy (non-hydrogen) atoms. The van der Waals surface area contributed by atoms with Crippen LogP contribution in [-0.2, 0) is 9.59 Å². The first-order chi connectivity index (χ1) is 18.4. The summed E-state index contributed by atoms with van der Waals surface area (Å²) in [6.45, 7) is 12.2. The van der Waals surface area contributed by atoms with Crippen LogP contribution < -0.4 is 4.90 Å². The number of nitrogens with zero attached hydrogens (tertiary/aromatic N) is 2. The molecule has 0 amide bonds. The number of allylic oxidation sites excluding steroid dienone is 6. The molecule has 6 heteroatoms. The van der Waals surface area contributed by atoms with Crippen molar-refractivity contribution in [1.29, 1.82) is 0 Å². The fourth-order valence-electron chi connectivity index (χ4n) is 4.88. The molecule has 0 atom stereocenters. The number of aliphatic hydroxyl groups excluding tert-OH is 1. The van der Waals surface area contributed by atoms with E-state index < -0.39 is 5.78 Å². The van der Waals surface area contributed by atoms with Crippen molar-refractivity contribution in [2.45, 2.75) is 79.1 Å². The van der Waals surface area contributed by atoms with Gasteiger partial charge in [0, 0.05) is 60.8 Å². The minimum Gasteiger partial charge on any atom is -0.507 e. The normalized spacial score (nSPS) is 17.1. The van der Waals surface area contributed by atoms with Crippen molar-refractivity contribution in [1.82, 2.24) is 4.90 Å². The molecule has 0 spiro atoms. The van der Waals surface area contributed by atoms with Crippen molar-refractivity contribution < 1.29 is 19.8 Å². The van der Waals surface area contributed by atoms with Gasteiger partial charge in [0.2, 0.25) is 5.78 Å². The van der Waals surface area contributed by atoms with Crippen molar-refractivity contribution in [2.24, 2.45) is 0 Å². The van der Waals surface area contributed by atoms with Crippen LogP contribution in [0.25, 0.3) is 5.57 Å². The number of Topliss-reactive ketones (excluding diaryl/α,β-unsaturated/α-hetero) is 1. The Morgan fingerprint density at radius 2 is 1.26 bits per heavy atom. The van der Waals surface area contributed by atoms with E-state index in [0.717, 1.165) is 88.9 Å². The molecule has 3 rings (SSSR count). The van der Waals surface area contributed by atoms with Crippen LogP contribution in [0.4, 0.5) is 5.69 Å². The predicted octanol–water partition coefficient (Wildman–Crippen LogP) is 6.87. The molecule has 1 aromatic carbocycles. The molecule has 2 aliphatic rings. The monoisotopic (exact) mass is 520 g/mol. The molecule has 6 nitrogen and oxygen atoms in total. The standard InChI is InChI=1S/C32H44N2O4/c1-5-9-17-33(18-10-6-2)23-13-15-25(27(35)21-23)29-31(37)30(32(29)38)26-16-14-24(22-28(26)36)34(19-11-7-3)20-12-8-4/h13-16,21-22,35,37H,5-12,17-20H2,1-4H3/b30-26-. The minimum atomic E-state index is -0.418. The first-order valence-electron chi connectivity index (χ1n) is 14.4. The lowest BCUT2D eigenvalue weighted by atomic mass is 9.79. The van der Waals surface area contributed by atoms with Crippen LogP contribution >= 0.6 is 0 Å². The predicted molar refractivity (Wildman–Crippen MR) is 155 cm³/mol. The number of carbonyl (C=O) groups is 2. The van der Waals surface area contributed by atoms with Crippen molar-refractivity contribution in [3.05, 3.63) is 64.6 Å². The number of carbonyl (C=O) groups excluding carboxylic acids is 2. The number of aliphatic hydroxyl groups is 1. The number of rotatable bonds is 15. The number of ketones is 2. The number of hydrogen-bond acceptors (Lipinski definition) is 6. The number of anilines is 1. The van der Waals surface area contributed by atoms with E-state index in [1.807, 2.05) is 12.1 Å². The molecule has 0 radical (unpaired) electrons. The molecule has 0 saturated carbocycles. The van der Waals surface area contributed by atoms with Gasteiger partial charge in [-0.2, -0.15) is 0 Å². The van der Waals surface area contributed by atoms with Crippen molar-refractivity contribution in [3.63, 3.8) is 0 Å². The maximum Gasteiger partial charge on any atom is 0.202 e. The van der Waals surface area contributed by atoms with Gasteiger partial charge in [-0.1, -0.05) is 53.4 Å². The van der Waals surface area contributed by atoms with Gasteiger partial charge in [-0.05, 0) is 50.0 Å². The lowest BCUT2D eigenvalue weighted by molar-refractivity contribution is -0.114. The van der Waals surface area contributed by atoms with Gasteiger partial charge in [0.05, 0.1) is 11.1 Å². The average molecular weight is 521 g/mol. The van der Waals surface area contributed by atoms with E-state index in [1.165, 1.54) is 0 Å². The molecule has 0 aliphatic heterocycles. The Kier molecular flexibility index (Phi) is 10.8.